The molecular weight excluding hydrogens is 468 g/mol. The number of hydrogen-bond acceptors (Lipinski definition) is 6. The van der Waals surface area contributed by atoms with Crippen molar-refractivity contribution in [2.24, 2.45) is 7.05 Å². The van der Waals surface area contributed by atoms with E-state index in [0.717, 1.165) is 16.6 Å². The van der Waals surface area contributed by atoms with E-state index in [1.165, 1.54) is 4.68 Å². The van der Waals surface area contributed by atoms with Gasteiger partial charge in [0.1, 0.15) is 5.69 Å². The molecule has 0 bridgehead atoms. The van der Waals surface area contributed by atoms with Crippen LogP contribution in [-0.2, 0) is 7.05 Å². The van der Waals surface area contributed by atoms with E-state index in [4.69, 9.17) is 4.74 Å². The summed E-state index contributed by atoms with van der Waals surface area (Å²) < 4.78 is 6.98. The number of rotatable bonds is 6. The third-order valence-corrected chi connectivity index (χ3v) is 6.84. The molecule has 9 nitrogen and oxygen atoms in total. The average molecular weight is 499 g/mol. The Morgan fingerprint density at radius 2 is 1.89 bits per heavy atom. The van der Waals surface area contributed by atoms with Crippen molar-refractivity contribution in [1.29, 1.82) is 0 Å². The Hall–Kier alpha value is -4.27. The molecule has 2 amide bonds. The summed E-state index contributed by atoms with van der Waals surface area (Å²) in [6.07, 6.45) is 3.91. The predicted molar refractivity (Wildman–Crippen MR) is 140 cm³/mol. The average Bonchev–Trinajstić information content (AvgIpc) is 3.29. The molecule has 2 aromatic heterocycles. The number of benzene rings is 2. The summed E-state index contributed by atoms with van der Waals surface area (Å²) in [6.45, 7) is 5.31. The van der Waals surface area contributed by atoms with E-state index in [-0.39, 0.29) is 23.8 Å². The van der Waals surface area contributed by atoms with Crippen LogP contribution in [0.5, 0.6) is 5.88 Å². The molecule has 2 atom stereocenters. The number of amides is 2. The lowest BCUT2D eigenvalue weighted by atomic mass is 9.85. The number of likely N-dealkylation sites (tertiary alicyclic amines) is 1. The number of aromatic nitrogens is 4. The van der Waals surface area contributed by atoms with Gasteiger partial charge in [0.15, 0.2) is 0 Å². The standard InChI is InChI=1S/C28H30N6O3/c1-4-37-25-16-24(33(3)32-25)27(35)31-22-10-13-34(17-21(22)19-8-6-5-7-9-19)28(36)20-14-18(2)26-23(15-20)29-11-12-30-26/h5-9,11-12,14-16,21-22H,4,10,13,17H2,1-3H3,(H,31,35)/t21-,22-/m1/s1. The van der Waals surface area contributed by atoms with Crippen LogP contribution in [0.2, 0.25) is 0 Å². The van der Waals surface area contributed by atoms with E-state index in [1.807, 2.05) is 55.1 Å². The van der Waals surface area contributed by atoms with Crippen LogP contribution in [0.25, 0.3) is 11.0 Å². The van der Waals surface area contributed by atoms with Gasteiger partial charge in [0, 0.05) is 56.1 Å². The van der Waals surface area contributed by atoms with Crippen LogP contribution in [0, 0.1) is 6.92 Å². The summed E-state index contributed by atoms with van der Waals surface area (Å²) in [4.78, 5) is 37.4. The number of carbonyl (C=O) groups excluding carboxylic acids is 2. The molecule has 37 heavy (non-hydrogen) atoms. The molecule has 1 aliphatic rings. The van der Waals surface area contributed by atoms with Crippen LogP contribution in [0.15, 0.2) is 60.9 Å². The van der Waals surface area contributed by atoms with Gasteiger partial charge in [-0.2, -0.15) is 0 Å². The summed E-state index contributed by atoms with van der Waals surface area (Å²) in [5.41, 5.74) is 4.52. The lowest BCUT2D eigenvalue weighted by Crippen LogP contribution is -2.51. The molecule has 2 aromatic carbocycles. The number of hydrogen-bond donors (Lipinski definition) is 1. The predicted octanol–water partition coefficient (Wildman–Crippen LogP) is 3.50. The molecule has 1 N–H and O–H groups in total. The van der Waals surface area contributed by atoms with Gasteiger partial charge >= 0.3 is 0 Å². The van der Waals surface area contributed by atoms with Crippen molar-refractivity contribution < 1.29 is 14.3 Å². The first-order chi connectivity index (χ1) is 17.9. The summed E-state index contributed by atoms with van der Waals surface area (Å²) >= 11 is 0. The largest absolute Gasteiger partial charge is 0.477 e. The van der Waals surface area contributed by atoms with Crippen molar-refractivity contribution >= 4 is 22.8 Å². The van der Waals surface area contributed by atoms with Gasteiger partial charge in [0.2, 0.25) is 5.88 Å². The molecule has 5 rings (SSSR count). The molecule has 1 saturated heterocycles. The van der Waals surface area contributed by atoms with Crippen molar-refractivity contribution in [2.75, 3.05) is 19.7 Å². The number of carbonyl (C=O) groups is 2. The Balaban J connectivity index is 1.38. The monoisotopic (exact) mass is 498 g/mol. The third-order valence-electron chi connectivity index (χ3n) is 6.84. The summed E-state index contributed by atoms with van der Waals surface area (Å²) in [5, 5.41) is 7.46. The van der Waals surface area contributed by atoms with Gasteiger partial charge in [-0.25, -0.2) is 0 Å². The smallest absolute Gasteiger partial charge is 0.269 e. The van der Waals surface area contributed by atoms with Crippen LogP contribution in [0.4, 0.5) is 0 Å². The highest BCUT2D eigenvalue weighted by atomic mass is 16.5. The Morgan fingerprint density at radius 3 is 2.68 bits per heavy atom. The number of nitrogens with one attached hydrogen (secondary N) is 1. The highest BCUT2D eigenvalue weighted by Gasteiger charge is 2.34. The van der Waals surface area contributed by atoms with E-state index in [0.29, 0.717) is 48.8 Å². The highest BCUT2D eigenvalue weighted by Crippen LogP contribution is 2.29. The van der Waals surface area contributed by atoms with Crippen LogP contribution in [0.1, 0.15) is 51.2 Å². The quantitative estimate of drug-likeness (QED) is 0.437. The van der Waals surface area contributed by atoms with Crippen LogP contribution < -0.4 is 10.1 Å². The Morgan fingerprint density at radius 1 is 1.11 bits per heavy atom. The second kappa shape index (κ2) is 10.4. The number of fused-ring (bicyclic) bond motifs is 1. The molecule has 1 fully saturated rings. The molecular formula is C28H30N6O3. The molecule has 0 spiro atoms. The second-order valence-electron chi connectivity index (χ2n) is 9.28. The second-order valence-corrected chi connectivity index (χ2v) is 9.28. The maximum Gasteiger partial charge on any atom is 0.269 e. The molecule has 0 saturated carbocycles. The first-order valence-electron chi connectivity index (χ1n) is 12.5. The third kappa shape index (κ3) is 5.02. The maximum atomic E-state index is 13.6. The topological polar surface area (TPSA) is 102 Å². The van der Waals surface area contributed by atoms with E-state index in [1.54, 1.807) is 31.6 Å². The van der Waals surface area contributed by atoms with Crippen LogP contribution in [0.3, 0.4) is 0 Å². The van der Waals surface area contributed by atoms with Gasteiger partial charge in [-0.05, 0) is 43.5 Å². The normalized spacial score (nSPS) is 17.5. The molecule has 190 valence electrons. The van der Waals surface area contributed by atoms with Gasteiger partial charge in [-0.1, -0.05) is 30.3 Å². The molecule has 1 aliphatic heterocycles. The summed E-state index contributed by atoms with van der Waals surface area (Å²) in [5.74, 6) is 0.0964. The SMILES string of the molecule is CCOc1cc(C(=O)N[C@@H]2CCN(C(=O)c3cc(C)c4nccnc4c3)C[C@@H]2c2ccccc2)n(C)n1. The zero-order valence-corrected chi connectivity index (χ0v) is 21.2. The zero-order valence-electron chi connectivity index (χ0n) is 21.2. The minimum absolute atomic E-state index is 0.0469. The van der Waals surface area contributed by atoms with Crippen molar-refractivity contribution in [3.63, 3.8) is 0 Å². The Kier molecular flexibility index (Phi) is 6.85. The van der Waals surface area contributed by atoms with Gasteiger partial charge in [0.05, 0.1) is 17.6 Å². The van der Waals surface area contributed by atoms with E-state index < -0.39 is 0 Å². The van der Waals surface area contributed by atoms with Crippen LogP contribution in [-0.4, -0.2) is 62.2 Å². The van der Waals surface area contributed by atoms with Gasteiger partial charge in [-0.3, -0.25) is 24.2 Å². The molecule has 0 aliphatic carbocycles. The fourth-order valence-electron chi connectivity index (χ4n) is 5.02. The molecule has 9 heteroatoms. The fraction of sp³-hybridized carbons (Fsp3) is 0.321. The van der Waals surface area contributed by atoms with E-state index >= 15 is 0 Å². The van der Waals surface area contributed by atoms with Crippen LogP contribution >= 0.6 is 0 Å². The lowest BCUT2D eigenvalue weighted by molar-refractivity contribution is 0.0671. The van der Waals surface area contributed by atoms with Gasteiger partial charge in [-0.15, -0.1) is 5.10 Å². The van der Waals surface area contributed by atoms with E-state index in [9.17, 15) is 9.59 Å². The Labute approximate surface area is 215 Å². The minimum Gasteiger partial charge on any atom is -0.477 e. The molecule has 3 heterocycles. The summed E-state index contributed by atoms with van der Waals surface area (Å²) in [6, 6.07) is 15.2. The van der Waals surface area contributed by atoms with Crippen molar-refractivity contribution in [1.82, 2.24) is 30.0 Å². The molecule has 4 aromatic rings. The first kappa shape index (κ1) is 24.4. The van der Waals surface area contributed by atoms with Gasteiger partial charge < -0.3 is 15.0 Å². The Bertz CT molecular complexity index is 1430. The van der Waals surface area contributed by atoms with Crippen molar-refractivity contribution in [3.05, 3.63) is 83.3 Å². The zero-order chi connectivity index (χ0) is 25.9. The van der Waals surface area contributed by atoms with E-state index in [2.05, 4.69) is 20.4 Å². The highest BCUT2D eigenvalue weighted by molar-refractivity contribution is 5.98. The molecule has 0 unspecified atom stereocenters. The first-order valence-corrected chi connectivity index (χ1v) is 12.5. The molecule has 0 radical (unpaired) electrons. The van der Waals surface area contributed by atoms with Crippen molar-refractivity contribution in [2.45, 2.75) is 32.2 Å². The van der Waals surface area contributed by atoms with Crippen molar-refractivity contribution in [3.8, 4) is 5.88 Å². The van der Waals surface area contributed by atoms with Gasteiger partial charge in [0.25, 0.3) is 11.8 Å². The number of piperidine rings is 1. The maximum absolute atomic E-state index is 13.6. The number of nitrogens with zero attached hydrogens (tertiary/aromatic N) is 5. The minimum atomic E-state index is -0.213. The number of aryl methyl sites for hydroxylation is 2. The summed E-state index contributed by atoms with van der Waals surface area (Å²) in [7, 11) is 1.73. The lowest BCUT2D eigenvalue weighted by Gasteiger charge is -2.39. The number of ether oxygens (including phenoxy) is 1. The fourth-order valence-corrected chi connectivity index (χ4v) is 5.02.